The van der Waals surface area contributed by atoms with Crippen LogP contribution in [0.15, 0.2) is 23.2 Å². The summed E-state index contributed by atoms with van der Waals surface area (Å²) >= 11 is 0. The average Bonchev–Trinajstić information content (AvgIpc) is 3.02. The number of aromatic nitrogens is 1. The van der Waals surface area contributed by atoms with Crippen LogP contribution in [0.3, 0.4) is 0 Å². The molecule has 1 aliphatic carbocycles. The summed E-state index contributed by atoms with van der Waals surface area (Å²) in [5, 5.41) is 3.45. The maximum Gasteiger partial charge on any atom is 0.213 e. The van der Waals surface area contributed by atoms with Crippen molar-refractivity contribution in [2.75, 3.05) is 26.7 Å². The molecule has 0 spiro atoms. The lowest BCUT2D eigenvalue weighted by molar-refractivity contribution is 0.299. The third-order valence-electron chi connectivity index (χ3n) is 4.99. The number of halogens is 1. The fourth-order valence-electron chi connectivity index (χ4n) is 3.82. The van der Waals surface area contributed by atoms with Crippen LogP contribution in [-0.2, 0) is 6.54 Å². The Bertz CT molecular complexity index is 538. The van der Waals surface area contributed by atoms with Crippen LogP contribution in [0.5, 0.6) is 5.88 Å². The van der Waals surface area contributed by atoms with Crippen molar-refractivity contribution < 1.29 is 4.74 Å². The van der Waals surface area contributed by atoms with Crippen molar-refractivity contribution in [1.29, 1.82) is 0 Å². The summed E-state index contributed by atoms with van der Waals surface area (Å²) < 4.78 is 5.19. The fourth-order valence-corrected chi connectivity index (χ4v) is 3.82. The predicted octanol–water partition coefficient (Wildman–Crippen LogP) is 3.30. The number of hydrogen-bond donors (Lipinski definition) is 1. The second kappa shape index (κ2) is 9.44. The summed E-state index contributed by atoms with van der Waals surface area (Å²) in [6.07, 6.45) is 5.57. The van der Waals surface area contributed by atoms with Crippen LogP contribution in [0.4, 0.5) is 0 Å². The summed E-state index contributed by atoms with van der Waals surface area (Å²) in [5.41, 5.74) is 0.941. The highest BCUT2D eigenvalue weighted by molar-refractivity contribution is 14.0. The number of rotatable bonds is 4. The molecule has 0 aromatic carbocycles. The quantitative estimate of drug-likeness (QED) is 0.440. The van der Waals surface area contributed by atoms with Gasteiger partial charge in [-0.15, -0.1) is 24.0 Å². The molecule has 1 aliphatic heterocycles. The number of methoxy groups -OCH3 is 1. The van der Waals surface area contributed by atoms with E-state index in [1.165, 1.54) is 25.7 Å². The molecule has 1 saturated heterocycles. The van der Waals surface area contributed by atoms with E-state index in [-0.39, 0.29) is 24.0 Å². The second-order valence-corrected chi connectivity index (χ2v) is 6.55. The summed E-state index contributed by atoms with van der Waals surface area (Å²) in [7, 11) is 1.64. The third-order valence-corrected chi connectivity index (χ3v) is 4.99. The van der Waals surface area contributed by atoms with Crippen molar-refractivity contribution in [3.05, 3.63) is 23.9 Å². The number of nitrogens with zero attached hydrogens (tertiary/aromatic N) is 3. The highest BCUT2D eigenvalue weighted by Gasteiger charge is 2.35. The average molecular weight is 444 g/mol. The number of pyridine rings is 1. The Kier molecular flexibility index (Phi) is 7.58. The zero-order valence-corrected chi connectivity index (χ0v) is 17.0. The number of guanidine groups is 1. The molecular formula is C18H29IN4O. The molecule has 5 nitrogen and oxygen atoms in total. The first-order valence-corrected chi connectivity index (χ1v) is 8.83. The highest BCUT2D eigenvalue weighted by atomic mass is 127. The van der Waals surface area contributed by atoms with Gasteiger partial charge in [-0.25, -0.2) is 9.98 Å². The van der Waals surface area contributed by atoms with Gasteiger partial charge in [-0.3, -0.25) is 0 Å². The van der Waals surface area contributed by atoms with Crippen LogP contribution >= 0.6 is 24.0 Å². The van der Waals surface area contributed by atoms with E-state index in [0.29, 0.717) is 12.4 Å². The molecule has 0 amide bonds. The molecule has 24 heavy (non-hydrogen) atoms. The maximum atomic E-state index is 5.19. The molecule has 0 bridgehead atoms. The van der Waals surface area contributed by atoms with Crippen molar-refractivity contribution in [2.24, 2.45) is 16.8 Å². The smallest absolute Gasteiger partial charge is 0.213 e. The lowest BCUT2D eigenvalue weighted by Gasteiger charge is -2.22. The Morgan fingerprint density at radius 1 is 1.29 bits per heavy atom. The Balaban J connectivity index is 0.00000208. The second-order valence-electron chi connectivity index (χ2n) is 6.55. The van der Waals surface area contributed by atoms with Crippen LogP contribution < -0.4 is 10.1 Å². The van der Waals surface area contributed by atoms with E-state index in [1.807, 2.05) is 18.2 Å². The van der Waals surface area contributed by atoms with Gasteiger partial charge in [0.2, 0.25) is 5.88 Å². The number of nitrogens with one attached hydrogen (secondary N) is 1. The molecule has 2 heterocycles. The van der Waals surface area contributed by atoms with Gasteiger partial charge in [-0.05, 0) is 37.7 Å². The Labute approximate surface area is 162 Å². The number of likely N-dealkylation sites (tertiary alicyclic amines) is 1. The number of hydrogen-bond acceptors (Lipinski definition) is 3. The molecule has 1 aromatic rings. The van der Waals surface area contributed by atoms with Crippen molar-refractivity contribution in [3.8, 4) is 5.88 Å². The Hall–Kier alpha value is -1.05. The van der Waals surface area contributed by atoms with Gasteiger partial charge in [0.1, 0.15) is 0 Å². The Morgan fingerprint density at radius 2 is 2.00 bits per heavy atom. The normalized spacial score (nSPS) is 23.4. The van der Waals surface area contributed by atoms with E-state index in [9.17, 15) is 0 Å². The molecule has 1 aromatic heterocycles. The van der Waals surface area contributed by atoms with E-state index >= 15 is 0 Å². The van der Waals surface area contributed by atoms with Gasteiger partial charge in [0.05, 0.1) is 19.3 Å². The first kappa shape index (κ1) is 19.3. The number of fused-ring (bicyclic) bond motifs is 1. The van der Waals surface area contributed by atoms with Gasteiger partial charge in [0.25, 0.3) is 0 Å². The number of aliphatic imine (C=N–C) groups is 1. The molecule has 2 unspecified atom stereocenters. The number of ether oxygens (including phenoxy) is 1. The maximum absolute atomic E-state index is 5.19. The highest BCUT2D eigenvalue weighted by Crippen LogP contribution is 2.35. The van der Waals surface area contributed by atoms with Gasteiger partial charge in [-0.2, -0.15) is 0 Å². The molecule has 6 heteroatoms. The minimum Gasteiger partial charge on any atom is -0.481 e. The molecule has 1 saturated carbocycles. The largest absolute Gasteiger partial charge is 0.481 e. The minimum absolute atomic E-state index is 0. The van der Waals surface area contributed by atoms with Crippen molar-refractivity contribution in [1.82, 2.24) is 15.2 Å². The van der Waals surface area contributed by atoms with Crippen LogP contribution in [0.1, 0.15) is 38.3 Å². The molecule has 134 valence electrons. The van der Waals surface area contributed by atoms with E-state index in [0.717, 1.165) is 43.1 Å². The molecule has 2 atom stereocenters. The minimum atomic E-state index is 0. The lowest BCUT2D eigenvalue weighted by Crippen LogP contribution is -2.40. The molecular weight excluding hydrogens is 415 g/mol. The first-order valence-electron chi connectivity index (χ1n) is 8.83. The lowest BCUT2D eigenvalue weighted by atomic mass is 9.82. The van der Waals surface area contributed by atoms with Crippen LogP contribution in [0, 0.1) is 11.8 Å². The van der Waals surface area contributed by atoms with Crippen molar-refractivity contribution in [3.63, 3.8) is 0 Å². The molecule has 2 aliphatic rings. The topological polar surface area (TPSA) is 49.8 Å². The van der Waals surface area contributed by atoms with Crippen LogP contribution in [0.2, 0.25) is 0 Å². The zero-order valence-electron chi connectivity index (χ0n) is 14.7. The fraction of sp³-hybridized carbons (Fsp3) is 0.667. The van der Waals surface area contributed by atoms with Crippen molar-refractivity contribution >= 4 is 29.9 Å². The molecule has 3 rings (SSSR count). The summed E-state index contributed by atoms with van der Waals surface area (Å²) in [5.74, 6) is 3.41. The molecule has 1 N–H and O–H groups in total. The molecule has 2 fully saturated rings. The Morgan fingerprint density at radius 3 is 2.62 bits per heavy atom. The first-order chi connectivity index (χ1) is 11.3. The predicted molar refractivity (Wildman–Crippen MR) is 108 cm³/mol. The van der Waals surface area contributed by atoms with Crippen LogP contribution in [0.25, 0.3) is 0 Å². The van der Waals surface area contributed by atoms with Gasteiger partial charge in [0, 0.05) is 25.7 Å². The van der Waals surface area contributed by atoms with E-state index in [2.05, 4.69) is 22.1 Å². The zero-order chi connectivity index (χ0) is 16.1. The summed E-state index contributed by atoms with van der Waals surface area (Å²) in [6, 6.07) is 5.83. The van der Waals surface area contributed by atoms with E-state index in [1.54, 1.807) is 7.11 Å². The summed E-state index contributed by atoms with van der Waals surface area (Å²) in [6.45, 7) is 5.92. The van der Waals surface area contributed by atoms with Gasteiger partial charge in [0.15, 0.2) is 5.96 Å². The van der Waals surface area contributed by atoms with Gasteiger partial charge in [-0.1, -0.05) is 18.9 Å². The van der Waals surface area contributed by atoms with Crippen LogP contribution in [-0.4, -0.2) is 42.6 Å². The third kappa shape index (κ3) is 4.74. The van der Waals surface area contributed by atoms with E-state index < -0.39 is 0 Å². The molecule has 0 radical (unpaired) electrons. The summed E-state index contributed by atoms with van der Waals surface area (Å²) in [4.78, 5) is 11.7. The van der Waals surface area contributed by atoms with Crippen molar-refractivity contribution in [2.45, 2.75) is 39.2 Å². The monoisotopic (exact) mass is 444 g/mol. The van der Waals surface area contributed by atoms with Gasteiger partial charge < -0.3 is 15.0 Å². The standard InChI is InChI=1S/C18H28N4O.HI/c1-3-19-18(20-11-16-9-6-10-17(21-16)23-2)22-12-14-7-4-5-8-15(14)13-22;/h6,9-10,14-15H,3-5,7-8,11-13H2,1-2H3,(H,19,20);1H. The SMILES string of the molecule is CCNC(=NCc1cccc(OC)n1)N1CC2CCCCC2C1.I. The van der Waals surface area contributed by atoms with E-state index in [4.69, 9.17) is 9.73 Å². The van der Waals surface area contributed by atoms with Gasteiger partial charge >= 0.3 is 0 Å².